The molecule has 0 amide bonds. The number of aromatic amines is 1. The second kappa shape index (κ2) is 6.16. The molecule has 3 aromatic rings. The van der Waals surface area contributed by atoms with Crippen LogP contribution in [-0.4, -0.2) is 22.4 Å². The van der Waals surface area contributed by atoms with Crippen molar-refractivity contribution in [2.24, 2.45) is 0 Å². The van der Waals surface area contributed by atoms with Gasteiger partial charge >= 0.3 is 0 Å². The fraction of sp³-hybridized carbons (Fsp3) is 0.211. The number of phenols is 1. The van der Waals surface area contributed by atoms with Crippen LogP contribution in [0.3, 0.4) is 0 Å². The Morgan fingerprint density at radius 1 is 1.09 bits per heavy atom. The van der Waals surface area contributed by atoms with Crippen molar-refractivity contribution in [1.29, 1.82) is 0 Å². The number of rotatable bonds is 4. The van der Waals surface area contributed by atoms with Gasteiger partial charge in [0.1, 0.15) is 11.5 Å². The topological polar surface area (TPSA) is 58.1 Å². The van der Waals surface area contributed by atoms with Gasteiger partial charge in [-0.2, -0.15) is 5.10 Å². The number of nitrogens with one attached hydrogen (secondary N) is 1. The van der Waals surface area contributed by atoms with Gasteiger partial charge in [0.2, 0.25) is 0 Å². The molecule has 3 rings (SSSR count). The largest absolute Gasteiger partial charge is 0.507 e. The smallest absolute Gasteiger partial charge is 0.124 e. The first-order valence-corrected chi connectivity index (χ1v) is 7.62. The number of nitrogens with zero attached hydrogens (tertiary/aromatic N) is 1. The Kier molecular flexibility index (Phi) is 4.06. The minimum absolute atomic E-state index is 0.232. The molecule has 0 aliphatic heterocycles. The van der Waals surface area contributed by atoms with Crippen LogP contribution < -0.4 is 4.74 Å². The maximum Gasteiger partial charge on any atom is 0.124 e. The summed E-state index contributed by atoms with van der Waals surface area (Å²) in [7, 11) is 1.68. The zero-order valence-corrected chi connectivity index (χ0v) is 13.5. The molecule has 23 heavy (non-hydrogen) atoms. The molecule has 4 heteroatoms. The van der Waals surface area contributed by atoms with Gasteiger partial charge < -0.3 is 9.84 Å². The average Bonchev–Trinajstić information content (AvgIpc) is 3.04. The molecule has 0 radical (unpaired) electrons. The molecule has 0 saturated carbocycles. The van der Waals surface area contributed by atoms with Crippen LogP contribution in [0.1, 0.15) is 25.3 Å². The number of hydrogen-bond acceptors (Lipinski definition) is 3. The number of ether oxygens (including phenoxy) is 1. The molecule has 0 atom stereocenters. The predicted molar refractivity (Wildman–Crippen MR) is 91.8 cm³/mol. The van der Waals surface area contributed by atoms with E-state index in [1.807, 2.05) is 30.3 Å². The molecule has 1 aromatic heterocycles. The molecular weight excluding hydrogens is 288 g/mol. The van der Waals surface area contributed by atoms with Gasteiger partial charge in [-0.3, -0.25) is 5.10 Å². The maximum atomic E-state index is 9.96. The van der Waals surface area contributed by atoms with Gasteiger partial charge in [0.15, 0.2) is 0 Å². The lowest BCUT2D eigenvalue weighted by Gasteiger charge is -2.12. The molecular formula is C19H20N2O2. The van der Waals surface area contributed by atoms with E-state index < -0.39 is 0 Å². The van der Waals surface area contributed by atoms with Crippen molar-refractivity contribution in [3.8, 4) is 34.0 Å². The van der Waals surface area contributed by atoms with Gasteiger partial charge in [0.05, 0.1) is 18.5 Å². The van der Waals surface area contributed by atoms with Crippen molar-refractivity contribution in [3.05, 3.63) is 54.1 Å². The Hall–Kier alpha value is -2.75. The highest BCUT2D eigenvalue weighted by atomic mass is 16.5. The number of H-pyrrole nitrogens is 1. The number of methoxy groups -OCH3 is 1. The minimum Gasteiger partial charge on any atom is -0.507 e. The van der Waals surface area contributed by atoms with Crippen molar-refractivity contribution >= 4 is 0 Å². The molecule has 0 bridgehead atoms. The van der Waals surface area contributed by atoms with Crippen LogP contribution in [0.15, 0.2) is 48.5 Å². The standard InChI is InChI=1S/C19H20N2O2/c1-12(2)14-9-8-13(10-19(14)23-3)16-11-17(21-20-16)15-6-4-5-7-18(15)22/h4-12,22H,1-3H3,(H,20,21). The predicted octanol–water partition coefficient (Wildman–Crippen LogP) is 4.58. The van der Waals surface area contributed by atoms with Gasteiger partial charge in [0.25, 0.3) is 0 Å². The van der Waals surface area contributed by atoms with E-state index in [0.29, 0.717) is 5.92 Å². The summed E-state index contributed by atoms with van der Waals surface area (Å²) in [5.41, 5.74) is 4.48. The molecule has 2 N–H and O–H groups in total. The lowest BCUT2D eigenvalue weighted by atomic mass is 9.99. The minimum atomic E-state index is 0.232. The molecule has 0 spiro atoms. The van der Waals surface area contributed by atoms with Gasteiger partial charge in [-0.05, 0) is 35.7 Å². The second-order valence-electron chi connectivity index (χ2n) is 5.80. The normalized spacial score (nSPS) is 11.0. The van der Waals surface area contributed by atoms with Crippen LogP contribution in [0.2, 0.25) is 0 Å². The van der Waals surface area contributed by atoms with E-state index in [0.717, 1.165) is 28.3 Å². The third-order valence-corrected chi connectivity index (χ3v) is 3.92. The summed E-state index contributed by atoms with van der Waals surface area (Å²) in [4.78, 5) is 0. The summed E-state index contributed by atoms with van der Waals surface area (Å²) in [6, 6.07) is 15.3. The molecule has 0 unspecified atom stereocenters. The van der Waals surface area contributed by atoms with Crippen LogP contribution >= 0.6 is 0 Å². The fourth-order valence-electron chi connectivity index (χ4n) is 2.66. The highest BCUT2D eigenvalue weighted by molar-refractivity contribution is 5.72. The highest BCUT2D eigenvalue weighted by Gasteiger charge is 2.12. The van der Waals surface area contributed by atoms with Crippen LogP contribution in [0.5, 0.6) is 11.5 Å². The molecule has 0 fully saturated rings. The van der Waals surface area contributed by atoms with Crippen LogP contribution in [0.4, 0.5) is 0 Å². The van der Waals surface area contributed by atoms with Crippen molar-refractivity contribution in [3.63, 3.8) is 0 Å². The Morgan fingerprint density at radius 3 is 2.57 bits per heavy atom. The molecule has 0 saturated heterocycles. The van der Waals surface area contributed by atoms with Gasteiger partial charge in [-0.1, -0.05) is 38.1 Å². The van der Waals surface area contributed by atoms with E-state index >= 15 is 0 Å². The number of hydrogen-bond donors (Lipinski definition) is 2. The van der Waals surface area contributed by atoms with Gasteiger partial charge in [-0.15, -0.1) is 0 Å². The molecule has 2 aromatic carbocycles. The van der Waals surface area contributed by atoms with E-state index in [-0.39, 0.29) is 5.75 Å². The third-order valence-electron chi connectivity index (χ3n) is 3.92. The summed E-state index contributed by atoms with van der Waals surface area (Å²) in [6.07, 6.45) is 0. The van der Waals surface area contributed by atoms with Gasteiger partial charge in [-0.25, -0.2) is 0 Å². The Labute approximate surface area is 135 Å². The first-order valence-electron chi connectivity index (χ1n) is 7.62. The summed E-state index contributed by atoms with van der Waals surface area (Å²) < 4.78 is 5.50. The van der Waals surface area contributed by atoms with Gasteiger partial charge in [0, 0.05) is 11.1 Å². The maximum absolute atomic E-state index is 9.96. The molecule has 0 aliphatic rings. The van der Waals surface area contributed by atoms with E-state index in [1.54, 1.807) is 19.2 Å². The SMILES string of the molecule is COc1cc(-c2cc(-c3ccccc3O)[nH]n2)ccc1C(C)C. The van der Waals surface area contributed by atoms with E-state index in [2.05, 4.69) is 30.1 Å². The molecule has 1 heterocycles. The average molecular weight is 308 g/mol. The lowest BCUT2D eigenvalue weighted by molar-refractivity contribution is 0.408. The van der Waals surface area contributed by atoms with Crippen molar-refractivity contribution < 1.29 is 9.84 Å². The molecule has 118 valence electrons. The lowest BCUT2D eigenvalue weighted by Crippen LogP contribution is -1.94. The summed E-state index contributed by atoms with van der Waals surface area (Å²) in [5.74, 6) is 1.50. The summed E-state index contributed by atoms with van der Waals surface area (Å²) >= 11 is 0. The first-order chi connectivity index (χ1) is 11.1. The second-order valence-corrected chi connectivity index (χ2v) is 5.80. The number of benzene rings is 2. The van der Waals surface area contributed by atoms with Crippen molar-refractivity contribution in [2.45, 2.75) is 19.8 Å². The van der Waals surface area contributed by atoms with Crippen LogP contribution in [0, 0.1) is 0 Å². The van der Waals surface area contributed by atoms with E-state index in [9.17, 15) is 5.11 Å². The Morgan fingerprint density at radius 2 is 1.87 bits per heavy atom. The Balaban J connectivity index is 1.99. The van der Waals surface area contributed by atoms with Crippen LogP contribution in [0.25, 0.3) is 22.5 Å². The highest BCUT2D eigenvalue weighted by Crippen LogP contribution is 2.33. The monoisotopic (exact) mass is 308 g/mol. The Bertz CT molecular complexity index is 822. The first kappa shape index (κ1) is 15.2. The van der Waals surface area contributed by atoms with Crippen molar-refractivity contribution in [2.75, 3.05) is 7.11 Å². The van der Waals surface area contributed by atoms with Crippen LogP contribution in [-0.2, 0) is 0 Å². The quantitative estimate of drug-likeness (QED) is 0.741. The summed E-state index contributed by atoms with van der Waals surface area (Å²) in [6.45, 7) is 4.28. The molecule has 4 nitrogen and oxygen atoms in total. The number of phenolic OH excluding ortho intramolecular Hbond substituents is 1. The third kappa shape index (κ3) is 2.93. The fourth-order valence-corrected chi connectivity index (χ4v) is 2.66. The van der Waals surface area contributed by atoms with E-state index in [4.69, 9.17) is 4.74 Å². The number of aromatic hydroxyl groups is 1. The zero-order valence-electron chi connectivity index (χ0n) is 13.5. The molecule has 0 aliphatic carbocycles. The zero-order chi connectivity index (χ0) is 16.4. The number of aromatic nitrogens is 2. The van der Waals surface area contributed by atoms with E-state index in [1.165, 1.54) is 5.56 Å². The number of para-hydroxylation sites is 1. The summed E-state index contributed by atoms with van der Waals surface area (Å²) in [5, 5.41) is 17.3. The van der Waals surface area contributed by atoms with Crippen molar-refractivity contribution in [1.82, 2.24) is 10.2 Å².